The number of rotatable bonds is 1. The van der Waals surface area contributed by atoms with Gasteiger partial charge in [-0.25, -0.2) is 0 Å². The fourth-order valence-corrected chi connectivity index (χ4v) is 2.80. The largest absolute Gasteiger partial charge is 0.506 e. The molecule has 1 aromatic rings. The van der Waals surface area contributed by atoms with E-state index in [0.29, 0.717) is 19.6 Å². The van der Waals surface area contributed by atoms with E-state index >= 15 is 0 Å². The Morgan fingerprint density at radius 2 is 1.70 bits per heavy atom. The average molecular weight is 425 g/mol. The van der Waals surface area contributed by atoms with Crippen LogP contribution in [0.4, 0.5) is 0 Å². The van der Waals surface area contributed by atoms with Gasteiger partial charge in [0, 0.05) is 11.1 Å². The summed E-state index contributed by atoms with van der Waals surface area (Å²) in [6, 6.07) is 3.02. The highest BCUT2D eigenvalue weighted by Crippen LogP contribution is 2.33. The number of aromatic hydroxyl groups is 1. The topological polar surface area (TPSA) is 73.4 Å². The molecule has 20 heavy (non-hydrogen) atoms. The number of phenolic OH excluding ortho intramolecular Hbond substituents is 1. The maximum atomic E-state index is 11.9. The summed E-state index contributed by atoms with van der Waals surface area (Å²) in [5.74, 6) is -0.330. The molecule has 1 aromatic carbocycles. The molecule has 0 spiro atoms. The lowest BCUT2D eigenvalue weighted by Gasteiger charge is -2.23. The van der Waals surface area contributed by atoms with E-state index in [9.17, 15) is 9.90 Å². The van der Waals surface area contributed by atoms with Gasteiger partial charge in [0.25, 0.3) is 5.91 Å². The highest BCUT2D eigenvalue weighted by Gasteiger charge is 2.14. The maximum Gasteiger partial charge on any atom is 0.269 e. The van der Waals surface area contributed by atoms with Crippen LogP contribution < -0.4 is 16.2 Å². The van der Waals surface area contributed by atoms with Gasteiger partial charge in [0.15, 0.2) is 5.11 Å². The molecule has 0 bridgehead atoms. The molecule has 5 nitrogen and oxygen atoms in total. The van der Waals surface area contributed by atoms with E-state index in [4.69, 9.17) is 12.2 Å². The second kappa shape index (κ2) is 6.73. The summed E-state index contributed by atoms with van der Waals surface area (Å²) < 4.78 is 0.847. The SMILES string of the molecule is CC(C)(C)NC(=S)NNC(=O)c1cc(Br)c(O)c(Br)c1. The second-order valence-corrected chi connectivity index (χ2v) is 7.19. The Morgan fingerprint density at radius 3 is 2.15 bits per heavy atom. The van der Waals surface area contributed by atoms with Gasteiger partial charge in [-0.1, -0.05) is 0 Å². The second-order valence-electron chi connectivity index (χ2n) is 5.07. The number of carbonyl (C=O) groups excluding carboxylic acids is 1. The van der Waals surface area contributed by atoms with Gasteiger partial charge in [-0.3, -0.25) is 15.6 Å². The smallest absolute Gasteiger partial charge is 0.269 e. The van der Waals surface area contributed by atoms with Crippen molar-refractivity contribution in [1.82, 2.24) is 16.2 Å². The average Bonchev–Trinajstić information content (AvgIpc) is 2.30. The minimum absolute atomic E-state index is 0.0411. The Labute approximate surface area is 139 Å². The van der Waals surface area contributed by atoms with Crippen LogP contribution in [0, 0.1) is 0 Å². The molecule has 1 rings (SSSR count). The first-order valence-corrected chi connectivity index (χ1v) is 7.66. The highest BCUT2D eigenvalue weighted by molar-refractivity contribution is 9.11. The number of thiocarbonyl (C=S) groups is 1. The van der Waals surface area contributed by atoms with E-state index in [1.54, 1.807) is 0 Å². The third-order valence-electron chi connectivity index (χ3n) is 2.06. The minimum atomic E-state index is -0.371. The minimum Gasteiger partial charge on any atom is -0.506 e. The fraction of sp³-hybridized carbons (Fsp3) is 0.333. The molecule has 1 amide bonds. The molecule has 0 aliphatic rings. The monoisotopic (exact) mass is 423 g/mol. The summed E-state index contributed by atoms with van der Waals surface area (Å²) >= 11 is 11.4. The molecule has 0 fully saturated rings. The first kappa shape index (κ1) is 17.2. The molecule has 0 aromatic heterocycles. The van der Waals surface area contributed by atoms with Crippen LogP contribution in [0.25, 0.3) is 0 Å². The molecular weight excluding hydrogens is 410 g/mol. The van der Waals surface area contributed by atoms with Crippen LogP contribution in [0.3, 0.4) is 0 Å². The molecule has 0 radical (unpaired) electrons. The van der Waals surface area contributed by atoms with Crippen molar-refractivity contribution in [3.05, 3.63) is 26.6 Å². The molecule has 0 saturated heterocycles. The lowest BCUT2D eigenvalue weighted by Crippen LogP contribution is -2.52. The zero-order valence-electron chi connectivity index (χ0n) is 11.2. The number of hydrogen-bond donors (Lipinski definition) is 4. The van der Waals surface area contributed by atoms with Crippen LogP contribution >= 0.6 is 44.1 Å². The third kappa shape index (κ3) is 5.26. The summed E-state index contributed by atoms with van der Waals surface area (Å²) in [6.07, 6.45) is 0. The third-order valence-corrected chi connectivity index (χ3v) is 3.47. The lowest BCUT2D eigenvalue weighted by atomic mass is 10.1. The molecule has 0 unspecified atom stereocenters. The molecule has 8 heteroatoms. The van der Waals surface area contributed by atoms with Crippen molar-refractivity contribution >= 4 is 55.1 Å². The van der Waals surface area contributed by atoms with Crippen LogP contribution in [0.2, 0.25) is 0 Å². The molecule has 0 aliphatic heterocycles. The van der Waals surface area contributed by atoms with E-state index in [0.717, 1.165) is 0 Å². The summed E-state index contributed by atoms with van der Waals surface area (Å²) in [5.41, 5.74) is 5.27. The normalized spacial score (nSPS) is 10.8. The van der Waals surface area contributed by atoms with Gasteiger partial charge < -0.3 is 10.4 Å². The van der Waals surface area contributed by atoms with Crippen molar-refractivity contribution in [2.24, 2.45) is 0 Å². The Bertz CT molecular complexity index is 521. The van der Waals surface area contributed by atoms with Gasteiger partial charge in [-0.2, -0.15) is 0 Å². The van der Waals surface area contributed by atoms with Crippen molar-refractivity contribution in [3.8, 4) is 5.75 Å². The van der Waals surface area contributed by atoms with Gasteiger partial charge in [0.2, 0.25) is 0 Å². The number of benzene rings is 1. The summed E-state index contributed by atoms with van der Waals surface area (Å²) in [5, 5.41) is 12.9. The predicted octanol–water partition coefficient (Wildman–Crippen LogP) is 2.82. The maximum absolute atomic E-state index is 11.9. The Balaban J connectivity index is 2.66. The number of amides is 1. The predicted molar refractivity (Wildman–Crippen MR) is 89.6 cm³/mol. The Kier molecular flexibility index (Phi) is 5.79. The quantitative estimate of drug-likeness (QED) is 0.412. The van der Waals surface area contributed by atoms with E-state index in [1.165, 1.54) is 12.1 Å². The number of hydrogen-bond acceptors (Lipinski definition) is 3. The summed E-state index contributed by atoms with van der Waals surface area (Å²) in [4.78, 5) is 11.9. The van der Waals surface area contributed by atoms with Crippen LogP contribution in [-0.2, 0) is 0 Å². The van der Waals surface area contributed by atoms with Crippen molar-refractivity contribution < 1.29 is 9.90 Å². The number of phenols is 1. The van der Waals surface area contributed by atoms with Gasteiger partial charge >= 0.3 is 0 Å². The lowest BCUT2D eigenvalue weighted by molar-refractivity contribution is 0.0943. The van der Waals surface area contributed by atoms with Gasteiger partial charge in [-0.15, -0.1) is 0 Å². The van der Waals surface area contributed by atoms with Gasteiger partial charge in [-0.05, 0) is 77.0 Å². The zero-order chi connectivity index (χ0) is 15.5. The highest BCUT2D eigenvalue weighted by atomic mass is 79.9. The van der Waals surface area contributed by atoms with Crippen molar-refractivity contribution in [2.75, 3.05) is 0 Å². The molecule has 0 aliphatic carbocycles. The first-order chi connectivity index (χ1) is 9.10. The molecule has 4 N–H and O–H groups in total. The Morgan fingerprint density at radius 1 is 1.20 bits per heavy atom. The van der Waals surface area contributed by atoms with E-state index in [2.05, 4.69) is 48.0 Å². The van der Waals surface area contributed by atoms with Gasteiger partial charge in [0.05, 0.1) is 8.95 Å². The standard InChI is InChI=1S/C12H15Br2N3O2S/c1-12(2,3)15-11(20)17-16-10(19)6-4-7(13)9(18)8(14)5-6/h4-5,18H,1-3H3,(H,16,19)(H2,15,17,20). The molecular formula is C12H15Br2N3O2S. The zero-order valence-corrected chi connectivity index (χ0v) is 15.2. The van der Waals surface area contributed by atoms with Gasteiger partial charge in [0.1, 0.15) is 5.75 Å². The number of halogens is 2. The van der Waals surface area contributed by atoms with Crippen LogP contribution in [0.1, 0.15) is 31.1 Å². The number of carbonyl (C=O) groups is 1. The van der Waals surface area contributed by atoms with Crippen LogP contribution in [-0.4, -0.2) is 21.7 Å². The van der Waals surface area contributed by atoms with E-state index in [-0.39, 0.29) is 17.2 Å². The van der Waals surface area contributed by atoms with Crippen molar-refractivity contribution in [3.63, 3.8) is 0 Å². The molecule has 0 heterocycles. The Hall–Kier alpha value is -0.860. The summed E-state index contributed by atoms with van der Waals surface area (Å²) in [7, 11) is 0. The molecule has 0 saturated carbocycles. The van der Waals surface area contributed by atoms with Crippen molar-refractivity contribution in [1.29, 1.82) is 0 Å². The first-order valence-electron chi connectivity index (χ1n) is 5.66. The van der Waals surface area contributed by atoms with E-state index < -0.39 is 0 Å². The number of nitrogens with one attached hydrogen (secondary N) is 3. The van der Waals surface area contributed by atoms with Crippen molar-refractivity contribution in [2.45, 2.75) is 26.3 Å². The number of hydrazine groups is 1. The molecule has 110 valence electrons. The van der Waals surface area contributed by atoms with Crippen LogP contribution in [0.15, 0.2) is 21.1 Å². The fourth-order valence-electron chi connectivity index (χ4n) is 1.25. The van der Waals surface area contributed by atoms with Crippen LogP contribution in [0.5, 0.6) is 5.75 Å². The van der Waals surface area contributed by atoms with E-state index in [1.807, 2.05) is 20.8 Å². The molecule has 0 atom stereocenters. The summed E-state index contributed by atoms with van der Waals surface area (Å²) in [6.45, 7) is 5.87.